The molecule has 0 radical (unpaired) electrons. The molecule has 0 bridgehead atoms. The fraction of sp³-hybridized carbons (Fsp3) is 1.00. The Morgan fingerprint density at radius 1 is 0.818 bits per heavy atom. The van der Waals surface area contributed by atoms with Gasteiger partial charge in [-0.15, -0.1) is 0 Å². The van der Waals surface area contributed by atoms with Crippen molar-refractivity contribution < 1.29 is 0 Å². The molecule has 1 heterocycles. The zero-order valence-corrected chi connectivity index (χ0v) is 15.3. The third-order valence-electron chi connectivity index (χ3n) is 6.60. The molecule has 2 nitrogen and oxygen atoms in total. The van der Waals surface area contributed by atoms with Crippen LogP contribution >= 0.6 is 0 Å². The van der Waals surface area contributed by atoms with Crippen molar-refractivity contribution in [2.45, 2.75) is 96.7 Å². The minimum absolute atomic E-state index is 0.744. The van der Waals surface area contributed by atoms with Crippen LogP contribution in [0.5, 0.6) is 0 Å². The maximum absolute atomic E-state index is 2.85. The van der Waals surface area contributed by atoms with Gasteiger partial charge in [0.15, 0.2) is 0 Å². The van der Waals surface area contributed by atoms with E-state index in [1.807, 2.05) is 0 Å². The maximum atomic E-state index is 2.85. The molecular weight excluding hydrogens is 268 g/mol. The molecule has 0 atom stereocenters. The highest BCUT2D eigenvalue weighted by atomic mass is 15.3. The Kier molecular flexibility index (Phi) is 5.84. The van der Waals surface area contributed by atoms with Crippen LogP contribution < -0.4 is 0 Å². The van der Waals surface area contributed by atoms with Crippen LogP contribution in [0.15, 0.2) is 0 Å². The summed E-state index contributed by atoms with van der Waals surface area (Å²) >= 11 is 0. The van der Waals surface area contributed by atoms with E-state index >= 15 is 0 Å². The van der Waals surface area contributed by atoms with E-state index in [1.54, 1.807) is 0 Å². The van der Waals surface area contributed by atoms with Crippen LogP contribution in [0.4, 0.5) is 0 Å². The van der Waals surface area contributed by atoms with E-state index in [0.29, 0.717) is 0 Å². The molecule has 3 rings (SSSR count). The fourth-order valence-electron chi connectivity index (χ4n) is 5.10. The van der Waals surface area contributed by atoms with Gasteiger partial charge in [-0.05, 0) is 77.3 Å². The van der Waals surface area contributed by atoms with Gasteiger partial charge < -0.3 is 4.90 Å². The van der Waals surface area contributed by atoms with Crippen LogP contribution in [-0.4, -0.2) is 47.6 Å². The van der Waals surface area contributed by atoms with E-state index < -0.39 is 0 Å². The summed E-state index contributed by atoms with van der Waals surface area (Å²) in [6.45, 7) is 11.3. The van der Waals surface area contributed by atoms with Gasteiger partial charge in [-0.25, -0.2) is 0 Å². The van der Waals surface area contributed by atoms with E-state index in [1.165, 1.54) is 77.4 Å². The molecule has 22 heavy (non-hydrogen) atoms. The molecular formula is C20H38N2. The van der Waals surface area contributed by atoms with Gasteiger partial charge in [0.05, 0.1) is 0 Å². The Morgan fingerprint density at radius 3 is 1.86 bits per heavy atom. The molecule has 2 saturated carbocycles. The molecule has 0 aromatic rings. The first kappa shape index (κ1) is 16.8. The van der Waals surface area contributed by atoms with Crippen molar-refractivity contribution in [3.05, 3.63) is 0 Å². The summed E-state index contributed by atoms with van der Waals surface area (Å²) < 4.78 is 0. The van der Waals surface area contributed by atoms with Gasteiger partial charge in [0.2, 0.25) is 0 Å². The van der Waals surface area contributed by atoms with Crippen molar-refractivity contribution in [3.63, 3.8) is 0 Å². The first-order valence-electron chi connectivity index (χ1n) is 10.2. The monoisotopic (exact) mass is 306 g/mol. The summed E-state index contributed by atoms with van der Waals surface area (Å²) in [6, 6.07) is 2.55. The summed E-state index contributed by atoms with van der Waals surface area (Å²) in [6.07, 6.45) is 13.2. The predicted molar refractivity (Wildman–Crippen MR) is 95.2 cm³/mol. The fourth-order valence-corrected chi connectivity index (χ4v) is 5.10. The van der Waals surface area contributed by atoms with Gasteiger partial charge in [-0.1, -0.05) is 26.2 Å². The van der Waals surface area contributed by atoms with Gasteiger partial charge in [0.25, 0.3) is 0 Å². The lowest BCUT2D eigenvalue weighted by molar-refractivity contribution is 0.0670. The lowest BCUT2D eigenvalue weighted by atomic mass is 9.80. The van der Waals surface area contributed by atoms with Gasteiger partial charge in [-0.3, -0.25) is 4.90 Å². The van der Waals surface area contributed by atoms with Crippen molar-refractivity contribution in [1.82, 2.24) is 9.80 Å². The first-order chi connectivity index (χ1) is 10.7. The zero-order chi connectivity index (χ0) is 15.5. The lowest BCUT2D eigenvalue weighted by Gasteiger charge is -2.42. The van der Waals surface area contributed by atoms with Crippen LogP contribution in [-0.2, 0) is 0 Å². The minimum atomic E-state index is 0.744. The Hall–Kier alpha value is -0.0800. The van der Waals surface area contributed by atoms with Gasteiger partial charge in [-0.2, -0.15) is 0 Å². The highest BCUT2D eigenvalue weighted by Gasteiger charge is 2.37. The minimum Gasteiger partial charge on any atom is -0.303 e. The average Bonchev–Trinajstić information content (AvgIpc) is 3.34. The van der Waals surface area contributed by atoms with Gasteiger partial charge in [0.1, 0.15) is 0 Å². The van der Waals surface area contributed by atoms with Crippen molar-refractivity contribution in [2.75, 3.05) is 19.6 Å². The topological polar surface area (TPSA) is 6.48 Å². The standard InChI is InChI=1S/C20H38N2/c1-4-17-5-7-18(8-6-17)15-21-13-11-20(12-14-21)22(16(2)3)19-9-10-19/h16-20H,4-15H2,1-3H3. The number of likely N-dealkylation sites (tertiary alicyclic amines) is 1. The second-order valence-electron chi connectivity index (χ2n) is 8.60. The number of rotatable bonds is 6. The highest BCUT2D eigenvalue weighted by molar-refractivity contribution is 4.92. The summed E-state index contributed by atoms with van der Waals surface area (Å²) in [5.74, 6) is 2.05. The summed E-state index contributed by atoms with van der Waals surface area (Å²) in [5, 5.41) is 0. The molecule has 0 N–H and O–H groups in total. The molecule has 0 spiro atoms. The second kappa shape index (κ2) is 7.66. The average molecular weight is 307 g/mol. The third-order valence-corrected chi connectivity index (χ3v) is 6.60. The molecule has 1 aliphatic heterocycles. The maximum Gasteiger partial charge on any atom is 0.0125 e. The van der Waals surface area contributed by atoms with Crippen LogP contribution in [0.2, 0.25) is 0 Å². The van der Waals surface area contributed by atoms with E-state index in [9.17, 15) is 0 Å². The van der Waals surface area contributed by atoms with E-state index in [2.05, 4.69) is 30.6 Å². The van der Waals surface area contributed by atoms with Gasteiger partial charge in [0, 0.05) is 24.7 Å². The first-order valence-corrected chi connectivity index (χ1v) is 10.2. The smallest absolute Gasteiger partial charge is 0.0125 e. The number of piperidine rings is 1. The summed E-state index contributed by atoms with van der Waals surface area (Å²) in [5.41, 5.74) is 0. The Bertz CT molecular complexity index is 319. The molecule has 0 unspecified atom stereocenters. The Labute approximate surface area is 138 Å². The molecule has 128 valence electrons. The normalized spacial score (nSPS) is 32.0. The van der Waals surface area contributed by atoms with Crippen LogP contribution in [0.25, 0.3) is 0 Å². The van der Waals surface area contributed by atoms with E-state index in [0.717, 1.165) is 30.0 Å². The Balaban J connectivity index is 1.40. The molecule has 2 aliphatic carbocycles. The number of hydrogen-bond donors (Lipinski definition) is 0. The molecule has 0 aromatic carbocycles. The molecule has 2 heteroatoms. The van der Waals surface area contributed by atoms with Crippen LogP contribution in [0.3, 0.4) is 0 Å². The quantitative estimate of drug-likeness (QED) is 0.711. The van der Waals surface area contributed by atoms with E-state index in [4.69, 9.17) is 0 Å². The van der Waals surface area contributed by atoms with Crippen molar-refractivity contribution in [2.24, 2.45) is 11.8 Å². The van der Waals surface area contributed by atoms with Crippen LogP contribution in [0, 0.1) is 11.8 Å². The van der Waals surface area contributed by atoms with Crippen molar-refractivity contribution >= 4 is 0 Å². The predicted octanol–water partition coefficient (Wildman–Crippen LogP) is 4.54. The van der Waals surface area contributed by atoms with E-state index in [-0.39, 0.29) is 0 Å². The Morgan fingerprint density at radius 2 is 1.36 bits per heavy atom. The molecule has 1 saturated heterocycles. The zero-order valence-electron chi connectivity index (χ0n) is 15.3. The van der Waals surface area contributed by atoms with Crippen molar-refractivity contribution in [3.8, 4) is 0 Å². The summed E-state index contributed by atoms with van der Waals surface area (Å²) in [7, 11) is 0. The summed E-state index contributed by atoms with van der Waals surface area (Å²) in [4.78, 5) is 5.64. The van der Waals surface area contributed by atoms with Crippen molar-refractivity contribution in [1.29, 1.82) is 0 Å². The lowest BCUT2D eigenvalue weighted by Crippen LogP contribution is -2.49. The second-order valence-corrected chi connectivity index (χ2v) is 8.60. The molecule has 0 aromatic heterocycles. The number of hydrogen-bond acceptors (Lipinski definition) is 2. The molecule has 0 amide bonds. The van der Waals surface area contributed by atoms with Gasteiger partial charge >= 0.3 is 0 Å². The third kappa shape index (κ3) is 4.26. The SMILES string of the molecule is CCC1CCC(CN2CCC(N(C(C)C)C3CC3)CC2)CC1. The molecule has 3 fully saturated rings. The van der Waals surface area contributed by atoms with Crippen LogP contribution in [0.1, 0.15) is 78.6 Å². The highest BCUT2D eigenvalue weighted by Crippen LogP contribution is 2.35. The largest absolute Gasteiger partial charge is 0.303 e. The number of nitrogens with zero attached hydrogens (tertiary/aromatic N) is 2. The molecule has 3 aliphatic rings.